The Kier molecular flexibility index (Phi) is 3.34. The fourth-order valence-corrected chi connectivity index (χ4v) is 2.11. The third-order valence-electron chi connectivity index (χ3n) is 3.07. The minimum absolute atomic E-state index is 0.116. The van der Waals surface area contributed by atoms with E-state index in [0.717, 1.165) is 26.1 Å². The van der Waals surface area contributed by atoms with Crippen LogP contribution in [0.2, 0.25) is 0 Å². The molecule has 2 rings (SSSR count). The zero-order valence-electron chi connectivity index (χ0n) is 9.13. The topological polar surface area (TPSA) is 36.4 Å². The van der Waals surface area contributed by atoms with Gasteiger partial charge in [0.05, 0.1) is 6.10 Å². The third-order valence-corrected chi connectivity index (χ3v) is 3.07. The molecule has 1 aromatic rings. The highest BCUT2D eigenvalue weighted by atomic mass is 16.3. The van der Waals surface area contributed by atoms with Crippen molar-refractivity contribution in [1.29, 1.82) is 0 Å². The van der Waals surface area contributed by atoms with Gasteiger partial charge in [0.2, 0.25) is 0 Å². The Morgan fingerprint density at radius 2 is 2.47 bits per heavy atom. The molecule has 1 aliphatic rings. The molecule has 0 radical (unpaired) electrons. The van der Waals surface area contributed by atoms with E-state index < -0.39 is 0 Å². The second-order valence-corrected chi connectivity index (χ2v) is 4.43. The van der Waals surface area contributed by atoms with Gasteiger partial charge >= 0.3 is 0 Å². The van der Waals surface area contributed by atoms with Crippen molar-refractivity contribution in [3.8, 4) is 0 Å². The minimum atomic E-state index is -0.116. The number of aliphatic hydroxyl groups excluding tert-OH is 1. The number of hydrogen-bond acceptors (Lipinski definition) is 3. The van der Waals surface area contributed by atoms with Gasteiger partial charge in [-0.05, 0) is 24.0 Å². The molecule has 3 nitrogen and oxygen atoms in total. The van der Waals surface area contributed by atoms with Crippen LogP contribution >= 0.6 is 0 Å². The van der Waals surface area contributed by atoms with Gasteiger partial charge in [0, 0.05) is 32.0 Å². The molecule has 0 aromatic carbocycles. The van der Waals surface area contributed by atoms with Gasteiger partial charge in [-0.25, -0.2) is 0 Å². The standard InChI is InChI=1S/C12H18N2O/c1-10-8-14(6-4-12(10)15)9-11-3-2-5-13-7-11/h2-3,5,7,10,12,15H,4,6,8-9H2,1H3. The monoisotopic (exact) mass is 206 g/mol. The summed E-state index contributed by atoms with van der Waals surface area (Å²) in [6, 6.07) is 4.07. The molecule has 1 fully saturated rings. The summed E-state index contributed by atoms with van der Waals surface area (Å²) in [6.07, 6.45) is 4.48. The first-order valence-electron chi connectivity index (χ1n) is 5.55. The molecule has 2 heterocycles. The van der Waals surface area contributed by atoms with Crippen molar-refractivity contribution in [1.82, 2.24) is 9.88 Å². The maximum Gasteiger partial charge on any atom is 0.0590 e. The predicted octanol–water partition coefficient (Wildman–Crippen LogP) is 1.28. The molecule has 1 saturated heterocycles. The summed E-state index contributed by atoms with van der Waals surface area (Å²) in [4.78, 5) is 6.49. The summed E-state index contributed by atoms with van der Waals surface area (Å²) >= 11 is 0. The molecule has 15 heavy (non-hydrogen) atoms. The zero-order valence-corrected chi connectivity index (χ0v) is 9.13. The van der Waals surface area contributed by atoms with Gasteiger partial charge in [0.1, 0.15) is 0 Å². The van der Waals surface area contributed by atoms with Crippen LogP contribution in [-0.4, -0.2) is 34.2 Å². The van der Waals surface area contributed by atoms with Crippen molar-refractivity contribution >= 4 is 0 Å². The zero-order chi connectivity index (χ0) is 10.7. The first-order valence-corrected chi connectivity index (χ1v) is 5.55. The lowest BCUT2D eigenvalue weighted by Gasteiger charge is -2.34. The van der Waals surface area contributed by atoms with E-state index in [-0.39, 0.29) is 6.10 Å². The summed E-state index contributed by atoms with van der Waals surface area (Å²) in [6.45, 7) is 5.03. The summed E-state index contributed by atoms with van der Waals surface area (Å²) < 4.78 is 0. The number of likely N-dealkylation sites (tertiary alicyclic amines) is 1. The van der Waals surface area contributed by atoms with E-state index in [1.165, 1.54) is 5.56 Å². The molecule has 0 bridgehead atoms. The van der Waals surface area contributed by atoms with E-state index in [1.807, 2.05) is 12.3 Å². The molecule has 3 heteroatoms. The van der Waals surface area contributed by atoms with Gasteiger partial charge in [0.25, 0.3) is 0 Å². The van der Waals surface area contributed by atoms with Crippen molar-refractivity contribution < 1.29 is 5.11 Å². The molecule has 1 N–H and O–H groups in total. The fourth-order valence-electron chi connectivity index (χ4n) is 2.11. The molecule has 82 valence electrons. The Morgan fingerprint density at radius 3 is 3.13 bits per heavy atom. The molecule has 0 aliphatic carbocycles. The molecule has 1 aromatic heterocycles. The van der Waals surface area contributed by atoms with E-state index in [4.69, 9.17) is 0 Å². The summed E-state index contributed by atoms with van der Waals surface area (Å²) in [5, 5.41) is 9.62. The summed E-state index contributed by atoms with van der Waals surface area (Å²) in [5.41, 5.74) is 1.25. The van der Waals surface area contributed by atoms with Crippen LogP contribution in [0.4, 0.5) is 0 Å². The molecular formula is C12H18N2O. The van der Waals surface area contributed by atoms with Gasteiger partial charge in [-0.1, -0.05) is 13.0 Å². The lowest BCUT2D eigenvalue weighted by molar-refractivity contribution is 0.0320. The van der Waals surface area contributed by atoms with Crippen LogP contribution < -0.4 is 0 Å². The Balaban J connectivity index is 1.91. The van der Waals surface area contributed by atoms with Crippen LogP contribution in [-0.2, 0) is 6.54 Å². The quantitative estimate of drug-likeness (QED) is 0.792. The van der Waals surface area contributed by atoms with Crippen LogP contribution in [0.25, 0.3) is 0 Å². The van der Waals surface area contributed by atoms with Crippen molar-refractivity contribution in [2.45, 2.75) is 26.0 Å². The van der Waals surface area contributed by atoms with Gasteiger partial charge in [-0.15, -0.1) is 0 Å². The lowest BCUT2D eigenvalue weighted by Crippen LogP contribution is -2.41. The smallest absolute Gasteiger partial charge is 0.0590 e. The van der Waals surface area contributed by atoms with Crippen LogP contribution in [0.15, 0.2) is 24.5 Å². The van der Waals surface area contributed by atoms with E-state index in [9.17, 15) is 5.11 Å². The molecule has 0 amide bonds. The van der Waals surface area contributed by atoms with E-state index in [2.05, 4.69) is 22.9 Å². The summed E-state index contributed by atoms with van der Waals surface area (Å²) in [7, 11) is 0. The number of aromatic nitrogens is 1. The third kappa shape index (κ3) is 2.76. The van der Waals surface area contributed by atoms with Crippen molar-refractivity contribution in [3.63, 3.8) is 0 Å². The predicted molar refractivity (Wildman–Crippen MR) is 59.3 cm³/mol. The van der Waals surface area contributed by atoms with E-state index >= 15 is 0 Å². The maximum atomic E-state index is 9.62. The van der Waals surface area contributed by atoms with Gasteiger partial charge in [-0.3, -0.25) is 9.88 Å². The molecule has 0 spiro atoms. The van der Waals surface area contributed by atoms with E-state index in [0.29, 0.717) is 5.92 Å². The van der Waals surface area contributed by atoms with Crippen LogP contribution in [0.1, 0.15) is 18.9 Å². The first-order chi connectivity index (χ1) is 7.25. The molecule has 2 unspecified atom stereocenters. The van der Waals surface area contributed by atoms with Crippen molar-refractivity contribution in [2.24, 2.45) is 5.92 Å². The SMILES string of the molecule is CC1CN(Cc2cccnc2)CCC1O. The lowest BCUT2D eigenvalue weighted by atomic mass is 9.96. The highest BCUT2D eigenvalue weighted by molar-refractivity contribution is 5.08. The Hall–Kier alpha value is -0.930. The first kappa shape index (κ1) is 10.6. The fraction of sp³-hybridized carbons (Fsp3) is 0.583. The highest BCUT2D eigenvalue weighted by Gasteiger charge is 2.23. The van der Waals surface area contributed by atoms with Crippen LogP contribution in [0, 0.1) is 5.92 Å². The number of hydrogen-bond donors (Lipinski definition) is 1. The molecule has 1 aliphatic heterocycles. The van der Waals surface area contributed by atoms with Crippen LogP contribution in [0.3, 0.4) is 0 Å². The van der Waals surface area contributed by atoms with Gasteiger partial charge < -0.3 is 5.11 Å². The molecule has 2 atom stereocenters. The Labute approximate surface area is 90.8 Å². The second kappa shape index (κ2) is 4.73. The van der Waals surface area contributed by atoms with Crippen LogP contribution in [0.5, 0.6) is 0 Å². The Bertz CT molecular complexity index is 302. The average molecular weight is 206 g/mol. The van der Waals surface area contributed by atoms with Crippen molar-refractivity contribution in [3.05, 3.63) is 30.1 Å². The number of nitrogens with zero attached hydrogens (tertiary/aromatic N) is 2. The summed E-state index contributed by atoms with van der Waals surface area (Å²) in [5.74, 6) is 0.385. The Morgan fingerprint density at radius 1 is 1.60 bits per heavy atom. The van der Waals surface area contributed by atoms with E-state index in [1.54, 1.807) is 6.20 Å². The molecular weight excluding hydrogens is 188 g/mol. The minimum Gasteiger partial charge on any atom is -0.393 e. The van der Waals surface area contributed by atoms with Crippen molar-refractivity contribution in [2.75, 3.05) is 13.1 Å². The highest BCUT2D eigenvalue weighted by Crippen LogP contribution is 2.18. The normalized spacial score (nSPS) is 27.9. The van der Waals surface area contributed by atoms with Gasteiger partial charge in [-0.2, -0.15) is 0 Å². The number of aliphatic hydroxyl groups is 1. The van der Waals surface area contributed by atoms with Gasteiger partial charge in [0.15, 0.2) is 0 Å². The second-order valence-electron chi connectivity index (χ2n) is 4.43. The largest absolute Gasteiger partial charge is 0.393 e. The number of rotatable bonds is 2. The average Bonchev–Trinajstić information content (AvgIpc) is 2.25. The number of piperidine rings is 1. The maximum absolute atomic E-state index is 9.62. The number of pyridine rings is 1. The molecule has 0 saturated carbocycles.